The number of carbonyl (C=O) groups excluding carboxylic acids is 1. The number of para-hydroxylation sites is 1. The van der Waals surface area contributed by atoms with E-state index in [9.17, 15) is 22.8 Å². The van der Waals surface area contributed by atoms with Gasteiger partial charge in [-0.1, -0.05) is 37.6 Å². The number of aromatic amines is 1. The summed E-state index contributed by atoms with van der Waals surface area (Å²) in [7, 11) is -3.76. The van der Waals surface area contributed by atoms with E-state index in [1.807, 2.05) is 0 Å². The van der Waals surface area contributed by atoms with Crippen molar-refractivity contribution in [2.24, 2.45) is 0 Å². The van der Waals surface area contributed by atoms with E-state index in [2.05, 4.69) is 10.3 Å². The number of amides is 1. The molecule has 1 amide bonds. The molecule has 0 aliphatic heterocycles. The second-order valence-electron chi connectivity index (χ2n) is 6.65. The lowest BCUT2D eigenvalue weighted by Gasteiger charge is -2.19. The molecule has 11 heteroatoms. The second kappa shape index (κ2) is 9.04. The predicted molar refractivity (Wildman–Crippen MR) is 119 cm³/mol. The molecule has 164 valence electrons. The van der Waals surface area contributed by atoms with Crippen molar-refractivity contribution in [3.8, 4) is 0 Å². The van der Waals surface area contributed by atoms with Gasteiger partial charge in [0.05, 0.1) is 26.5 Å². The highest BCUT2D eigenvalue weighted by Gasteiger charge is 2.23. The second-order valence-corrected chi connectivity index (χ2v) is 8.99. The van der Waals surface area contributed by atoms with Crippen molar-refractivity contribution in [1.82, 2.24) is 13.9 Å². The third kappa shape index (κ3) is 4.55. The first kappa shape index (κ1) is 22.7. The monoisotopic (exact) mass is 464 g/mol. The van der Waals surface area contributed by atoms with Crippen molar-refractivity contribution in [3.05, 3.63) is 68.3 Å². The number of hydrogen-bond acceptors (Lipinski definition) is 5. The van der Waals surface area contributed by atoms with Gasteiger partial charge in [0.15, 0.2) is 0 Å². The SMILES string of the molecule is CCN(CC)S(=O)(=O)c1ccc(Cl)c(NC(=O)Cn2c(=O)[nH]c3ccccc3c2=O)c1. The maximum atomic E-state index is 12.7. The van der Waals surface area contributed by atoms with Gasteiger partial charge >= 0.3 is 5.69 Å². The zero-order valence-corrected chi connectivity index (χ0v) is 18.5. The summed E-state index contributed by atoms with van der Waals surface area (Å²) in [5, 5.41) is 2.86. The van der Waals surface area contributed by atoms with Gasteiger partial charge in [-0.05, 0) is 30.3 Å². The first-order valence-electron chi connectivity index (χ1n) is 9.50. The van der Waals surface area contributed by atoms with Gasteiger partial charge in [-0.15, -0.1) is 0 Å². The summed E-state index contributed by atoms with van der Waals surface area (Å²) in [4.78, 5) is 39.9. The number of H-pyrrole nitrogens is 1. The molecular formula is C20H21ClN4O5S. The predicted octanol–water partition coefficient (Wildman–Crippen LogP) is 2.01. The molecule has 0 saturated carbocycles. The highest BCUT2D eigenvalue weighted by Crippen LogP contribution is 2.27. The summed E-state index contributed by atoms with van der Waals surface area (Å²) in [5.41, 5.74) is -0.919. The van der Waals surface area contributed by atoms with Gasteiger partial charge in [0.2, 0.25) is 15.9 Å². The number of carbonyl (C=O) groups is 1. The van der Waals surface area contributed by atoms with Gasteiger partial charge in [-0.25, -0.2) is 13.2 Å². The highest BCUT2D eigenvalue weighted by atomic mass is 35.5. The molecule has 0 aliphatic carbocycles. The number of rotatable bonds is 7. The van der Waals surface area contributed by atoms with E-state index in [0.29, 0.717) is 5.52 Å². The van der Waals surface area contributed by atoms with Crippen LogP contribution in [-0.4, -0.2) is 41.3 Å². The number of nitrogens with zero attached hydrogens (tertiary/aromatic N) is 2. The Balaban J connectivity index is 1.91. The van der Waals surface area contributed by atoms with E-state index in [1.165, 1.54) is 22.5 Å². The number of nitrogens with one attached hydrogen (secondary N) is 2. The fourth-order valence-electron chi connectivity index (χ4n) is 3.15. The minimum atomic E-state index is -3.76. The minimum absolute atomic E-state index is 0.0309. The Bertz CT molecular complexity index is 1360. The summed E-state index contributed by atoms with van der Waals surface area (Å²) < 4.78 is 27.5. The first-order valence-corrected chi connectivity index (χ1v) is 11.3. The van der Waals surface area contributed by atoms with Gasteiger partial charge in [0.1, 0.15) is 6.54 Å². The van der Waals surface area contributed by atoms with E-state index in [1.54, 1.807) is 38.1 Å². The van der Waals surface area contributed by atoms with Crippen LogP contribution in [-0.2, 0) is 21.4 Å². The molecule has 0 atom stereocenters. The van der Waals surface area contributed by atoms with Crippen LogP contribution in [0.2, 0.25) is 5.02 Å². The van der Waals surface area contributed by atoms with Gasteiger partial charge in [0, 0.05) is 13.1 Å². The number of aromatic nitrogens is 2. The van der Waals surface area contributed by atoms with E-state index in [4.69, 9.17) is 11.6 Å². The molecule has 0 saturated heterocycles. The molecular weight excluding hydrogens is 444 g/mol. The smallest absolute Gasteiger partial charge is 0.323 e. The molecule has 2 aromatic carbocycles. The lowest BCUT2D eigenvalue weighted by Crippen LogP contribution is -2.38. The molecule has 0 unspecified atom stereocenters. The van der Waals surface area contributed by atoms with Gasteiger partial charge in [-0.2, -0.15) is 4.31 Å². The lowest BCUT2D eigenvalue weighted by atomic mass is 10.2. The maximum Gasteiger partial charge on any atom is 0.329 e. The minimum Gasteiger partial charge on any atom is -0.323 e. The molecule has 2 N–H and O–H groups in total. The number of fused-ring (bicyclic) bond motifs is 1. The van der Waals surface area contributed by atoms with Crippen LogP contribution in [0.5, 0.6) is 0 Å². The van der Waals surface area contributed by atoms with Gasteiger partial charge in [0.25, 0.3) is 5.56 Å². The summed E-state index contributed by atoms with van der Waals surface area (Å²) in [5.74, 6) is -0.706. The quantitative estimate of drug-likeness (QED) is 0.554. The zero-order valence-electron chi connectivity index (χ0n) is 16.9. The normalized spacial score (nSPS) is 11.7. The van der Waals surface area contributed by atoms with Crippen molar-refractivity contribution in [1.29, 1.82) is 0 Å². The lowest BCUT2D eigenvalue weighted by molar-refractivity contribution is -0.116. The average Bonchev–Trinajstić information content (AvgIpc) is 2.73. The third-order valence-electron chi connectivity index (χ3n) is 4.75. The van der Waals surface area contributed by atoms with Crippen LogP contribution in [0.4, 0.5) is 5.69 Å². The van der Waals surface area contributed by atoms with Crippen LogP contribution in [0.1, 0.15) is 13.8 Å². The Labute approximate surface area is 183 Å². The van der Waals surface area contributed by atoms with E-state index >= 15 is 0 Å². The molecule has 0 spiro atoms. The number of anilines is 1. The van der Waals surface area contributed by atoms with Crippen LogP contribution in [0, 0.1) is 0 Å². The average molecular weight is 465 g/mol. The Hall–Kier alpha value is -2.95. The number of hydrogen-bond donors (Lipinski definition) is 2. The van der Waals surface area contributed by atoms with Crippen LogP contribution < -0.4 is 16.6 Å². The standard InChI is InChI=1S/C20H21ClN4O5S/c1-3-24(4-2)31(29,30)13-9-10-15(21)17(11-13)22-18(26)12-25-19(27)14-7-5-6-8-16(14)23-20(25)28/h5-11H,3-4,12H2,1-2H3,(H,22,26)(H,23,28). The van der Waals surface area contributed by atoms with E-state index < -0.39 is 33.7 Å². The maximum absolute atomic E-state index is 12.7. The van der Waals surface area contributed by atoms with Crippen molar-refractivity contribution in [2.75, 3.05) is 18.4 Å². The Morgan fingerprint density at radius 2 is 1.81 bits per heavy atom. The van der Waals surface area contributed by atoms with Crippen molar-refractivity contribution in [3.63, 3.8) is 0 Å². The number of sulfonamides is 1. The third-order valence-corrected chi connectivity index (χ3v) is 7.12. The molecule has 0 aliphatic rings. The summed E-state index contributed by atoms with van der Waals surface area (Å²) in [6.07, 6.45) is 0. The molecule has 31 heavy (non-hydrogen) atoms. The first-order chi connectivity index (χ1) is 14.7. The molecule has 1 heterocycles. The summed E-state index contributed by atoms with van der Waals surface area (Å²) in [6, 6.07) is 10.4. The molecule has 0 radical (unpaired) electrons. The topological polar surface area (TPSA) is 121 Å². The molecule has 0 fully saturated rings. The fraction of sp³-hybridized carbons (Fsp3) is 0.250. The Morgan fingerprint density at radius 3 is 2.48 bits per heavy atom. The van der Waals surface area contributed by atoms with Crippen LogP contribution in [0.15, 0.2) is 56.9 Å². The Kier molecular flexibility index (Phi) is 6.63. The molecule has 0 bridgehead atoms. The largest absolute Gasteiger partial charge is 0.329 e. The number of halogens is 1. The molecule has 3 rings (SSSR count). The van der Waals surface area contributed by atoms with Gasteiger partial charge < -0.3 is 10.3 Å². The fourth-order valence-corrected chi connectivity index (χ4v) is 4.80. The van der Waals surface area contributed by atoms with Crippen LogP contribution >= 0.6 is 11.6 Å². The molecule has 9 nitrogen and oxygen atoms in total. The highest BCUT2D eigenvalue weighted by molar-refractivity contribution is 7.89. The van der Waals surface area contributed by atoms with E-state index in [-0.39, 0.29) is 34.1 Å². The van der Waals surface area contributed by atoms with Gasteiger partial charge in [-0.3, -0.25) is 14.2 Å². The number of benzene rings is 2. The molecule has 1 aromatic heterocycles. The van der Waals surface area contributed by atoms with Crippen LogP contribution in [0.3, 0.4) is 0 Å². The molecule has 3 aromatic rings. The summed E-state index contributed by atoms with van der Waals surface area (Å²) in [6.45, 7) is 3.45. The van der Waals surface area contributed by atoms with Crippen LogP contribution in [0.25, 0.3) is 10.9 Å². The summed E-state index contributed by atoms with van der Waals surface area (Å²) >= 11 is 6.12. The van der Waals surface area contributed by atoms with Crippen molar-refractivity contribution in [2.45, 2.75) is 25.3 Å². The van der Waals surface area contributed by atoms with E-state index in [0.717, 1.165) is 4.57 Å². The van der Waals surface area contributed by atoms with Crippen molar-refractivity contribution < 1.29 is 13.2 Å². The zero-order chi connectivity index (χ0) is 22.8. The Morgan fingerprint density at radius 1 is 1.13 bits per heavy atom. The van der Waals surface area contributed by atoms with Crippen molar-refractivity contribution >= 4 is 44.1 Å².